The van der Waals surface area contributed by atoms with E-state index in [9.17, 15) is 14.9 Å². The lowest BCUT2D eigenvalue weighted by molar-refractivity contribution is -0.385. The van der Waals surface area contributed by atoms with Crippen molar-refractivity contribution in [2.75, 3.05) is 13.2 Å². The zero-order valence-corrected chi connectivity index (χ0v) is 16.6. The monoisotopic (exact) mass is 413 g/mol. The van der Waals surface area contributed by atoms with Crippen LogP contribution in [0.3, 0.4) is 0 Å². The fraction of sp³-hybridized carbons (Fsp3) is 0.167. The molecule has 0 spiro atoms. The summed E-state index contributed by atoms with van der Waals surface area (Å²) in [6.45, 7) is 0.557. The number of nitrogens with zero attached hydrogens (tertiary/aromatic N) is 2. The number of carbonyl (C=O) groups excluding carboxylic acids is 1. The van der Waals surface area contributed by atoms with Crippen molar-refractivity contribution in [3.63, 3.8) is 0 Å². The van der Waals surface area contributed by atoms with Gasteiger partial charge >= 0.3 is 6.09 Å². The van der Waals surface area contributed by atoms with Crippen LogP contribution in [0, 0.1) is 22.0 Å². The number of fused-ring (bicyclic) bond motifs is 3. The molecule has 0 aliphatic heterocycles. The Bertz CT molecular complexity index is 1150. The summed E-state index contributed by atoms with van der Waals surface area (Å²) in [4.78, 5) is 26.4. The van der Waals surface area contributed by atoms with Crippen LogP contribution in [-0.2, 0) is 4.74 Å². The standard InChI is InChI=1S/C24H19N3O4/c28-24(26-13-6-5-7-17-15-18(27(29)30)12-14-25-17)31-16-23-21-10-3-1-8-19(21)20-9-2-4-11-22(20)23/h1-4,8-12,14-15,23H,6,13,16H2,(H,26,28). The van der Waals surface area contributed by atoms with Crippen molar-refractivity contribution in [2.45, 2.75) is 12.3 Å². The van der Waals surface area contributed by atoms with E-state index in [1.165, 1.54) is 29.5 Å². The lowest BCUT2D eigenvalue weighted by Crippen LogP contribution is -2.26. The van der Waals surface area contributed by atoms with Crippen LogP contribution in [-0.4, -0.2) is 29.2 Å². The molecule has 154 valence electrons. The number of amides is 1. The third kappa shape index (κ3) is 4.54. The molecular weight excluding hydrogens is 394 g/mol. The van der Waals surface area contributed by atoms with Crippen LogP contribution < -0.4 is 5.32 Å². The van der Waals surface area contributed by atoms with Crippen molar-refractivity contribution in [1.82, 2.24) is 10.3 Å². The number of aromatic nitrogens is 1. The zero-order chi connectivity index (χ0) is 21.6. The third-order valence-electron chi connectivity index (χ3n) is 5.03. The molecule has 1 amide bonds. The molecule has 1 heterocycles. The van der Waals surface area contributed by atoms with Gasteiger partial charge in [0.25, 0.3) is 5.69 Å². The summed E-state index contributed by atoms with van der Waals surface area (Å²) < 4.78 is 5.46. The molecule has 0 saturated heterocycles. The Morgan fingerprint density at radius 3 is 2.45 bits per heavy atom. The number of rotatable bonds is 5. The van der Waals surface area contributed by atoms with E-state index in [0.717, 1.165) is 11.1 Å². The predicted octanol–water partition coefficient (Wildman–Crippen LogP) is 4.27. The van der Waals surface area contributed by atoms with Gasteiger partial charge in [-0.15, -0.1) is 0 Å². The van der Waals surface area contributed by atoms with Gasteiger partial charge in [0, 0.05) is 31.1 Å². The van der Waals surface area contributed by atoms with Gasteiger partial charge in [-0.1, -0.05) is 54.5 Å². The maximum Gasteiger partial charge on any atom is 0.407 e. The molecule has 3 aromatic rings. The highest BCUT2D eigenvalue weighted by atomic mass is 16.6. The fourth-order valence-corrected chi connectivity index (χ4v) is 3.63. The van der Waals surface area contributed by atoms with Gasteiger partial charge in [-0.25, -0.2) is 9.78 Å². The smallest absolute Gasteiger partial charge is 0.407 e. The van der Waals surface area contributed by atoms with Gasteiger partial charge in [0.1, 0.15) is 12.3 Å². The van der Waals surface area contributed by atoms with E-state index in [0.29, 0.717) is 18.7 Å². The highest BCUT2D eigenvalue weighted by Crippen LogP contribution is 2.44. The number of pyridine rings is 1. The lowest BCUT2D eigenvalue weighted by Gasteiger charge is -2.14. The Labute approximate surface area is 179 Å². The number of hydrogen-bond donors (Lipinski definition) is 1. The molecule has 7 nitrogen and oxygen atoms in total. The number of alkyl carbamates (subject to hydrolysis) is 1. The molecule has 4 rings (SSSR count). The van der Waals surface area contributed by atoms with Gasteiger partial charge in [0.15, 0.2) is 0 Å². The largest absolute Gasteiger partial charge is 0.449 e. The Morgan fingerprint density at radius 1 is 1.10 bits per heavy atom. The van der Waals surface area contributed by atoms with Gasteiger partial charge in [-0.3, -0.25) is 10.1 Å². The second-order valence-electron chi connectivity index (χ2n) is 6.96. The molecule has 1 aromatic heterocycles. The molecule has 31 heavy (non-hydrogen) atoms. The molecule has 0 saturated carbocycles. The minimum absolute atomic E-state index is 0.0119. The molecule has 2 aromatic carbocycles. The van der Waals surface area contributed by atoms with Gasteiger partial charge in [-0.2, -0.15) is 0 Å². The topological polar surface area (TPSA) is 94.4 Å². The van der Waals surface area contributed by atoms with Crippen LogP contribution in [0.2, 0.25) is 0 Å². The van der Waals surface area contributed by atoms with Crippen LogP contribution in [0.1, 0.15) is 29.2 Å². The minimum Gasteiger partial charge on any atom is -0.449 e. The summed E-state index contributed by atoms with van der Waals surface area (Å²) in [7, 11) is 0. The zero-order valence-electron chi connectivity index (χ0n) is 16.6. The Morgan fingerprint density at radius 2 is 1.77 bits per heavy atom. The number of benzene rings is 2. The quantitative estimate of drug-likeness (QED) is 0.292. The second-order valence-corrected chi connectivity index (χ2v) is 6.96. The van der Waals surface area contributed by atoms with E-state index in [1.54, 1.807) is 0 Å². The number of nitro groups is 1. The molecule has 0 atom stereocenters. The molecule has 7 heteroatoms. The van der Waals surface area contributed by atoms with Crippen molar-refractivity contribution in [3.8, 4) is 23.0 Å². The summed E-state index contributed by atoms with van der Waals surface area (Å²) in [5.74, 6) is 5.61. The first kappa shape index (κ1) is 20.1. The number of nitrogens with one attached hydrogen (secondary N) is 1. The maximum atomic E-state index is 12.1. The normalized spacial score (nSPS) is 11.6. The first-order valence-electron chi connectivity index (χ1n) is 9.81. The highest BCUT2D eigenvalue weighted by molar-refractivity contribution is 5.79. The average molecular weight is 413 g/mol. The summed E-state index contributed by atoms with van der Waals surface area (Å²) in [5, 5.41) is 13.4. The Balaban J connectivity index is 1.28. The van der Waals surface area contributed by atoms with E-state index < -0.39 is 11.0 Å². The number of ether oxygens (including phenoxy) is 1. The van der Waals surface area contributed by atoms with Crippen molar-refractivity contribution in [2.24, 2.45) is 0 Å². The SMILES string of the molecule is O=C(NCCC#Cc1cc([N+](=O)[O-])ccn1)OCC1c2ccccc2-c2ccccc21. The van der Waals surface area contributed by atoms with E-state index in [4.69, 9.17) is 4.74 Å². The minimum atomic E-state index is -0.503. The van der Waals surface area contributed by atoms with Crippen molar-refractivity contribution >= 4 is 11.8 Å². The molecular formula is C24H19N3O4. The first-order chi connectivity index (χ1) is 15.1. The van der Waals surface area contributed by atoms with Crippen LogP contribution in [0.15, 0.2) is 66.9 Å². The van der Waals surface area contributed by atoms with Crippen molar-refractivity contribution < 1.29 is 14.5 Å². The average Bonchev–Trinajstić information content (AvgIpc) is 3.11. The summed E-state index contributed by atoms with van der Waals surface area (Å²) in [5.41, 5.74) is 4.93. The van der Waals surface area contributed by atoms with E-state index in [-0.39, 0.29) is 18.2 Å². The van der Waals surface area contributed by atoms with Crippen LogP contribution in [0.25, 0.3) is 11.1 Å². The van der Waals surface area contributed by atoms with Crippen LogP contribution in [0.4, 0.5) is 10.5 Å². The van der Waals surface area contributed by atoms with Gasteiger partial charge < -0.3 is 10.1 Å². The second kappa shape index (κ2) is 9.09. The molecule has 0 radical (unpaired) electrons. The predicted molar refractivity (Wildman–Crippen MR) is 115 cm³/mol. The van der Waals surface area contributed by atoms with Gasteiger partial charge in [-0.05, 0) is 28.2 Å². The molecule has 0 fully saturated rings. The maximum absolute atomic E-state index is 12.1. The van der Waals surface area contributed by atoms with E-state index >= 15 is 0 Å². The number of hydrogen-bond acceptors (Lipinski definition) is 5. The van der Waals surface area contributed by atoms with Gasteiger partial charge in [0.05, 0.1) is 11.0 Å². The Hall–Kier alpha value is -4.18. The van der Waals surface area contributed by atoms with Crippen molar-refractivity contribution in [1.29, 1.82) is 0 Å². The highest BCUT2D eigenvalue weighted by Gasteiger charge is 2.28. The molecule has 1 aliphatic rings. The molecule has 0 unspecified atom stereocenters. The van der Waals surface area contributed by atoms with E-state index in [2.05, 4.69) is 46.4 Å². The van der Waals surface area contributed by atoms with Gasteiger partial charge in [0.2, 0.25) is 0 Å². The van der Waals surface area contributed by atoms with E-state index in [1.807, 2.05) is 24.3 Å². The summed E-state index contributed by atoms with van der Waals surface area (Å²) in [6, 6.07) is 18.9. The van der Waals surface area contributed by atoms with Crippen LogP contribution >= 0.6 is 0 Å². The lowest BCUT2D eigenvalue weighted by atomic mass is 9.98. The summed E-state index contributed by atoms with van der Waals surface area (Å²) >= 11 is 0. The molecule has 1 N–H and O–H groups in total. The van der Waals surface area contributed by atoms with Crippen molar-refractivity contribution in [3.05, 3.63) is 93.8 Å². The third-order valence-corrected chi connectivity index (χ3v) is 5.03. The fourth-order valence-electron chi connectivity index (χ4n) is 3.63. The molecule has 0 bridgehead atoms. The summed E-state index contributed by atoms with van der Waals surface area (Å²) in [6.07, 6.45) is 1.21. The van der Waals surface area contributed by atoms with Crippen LogP contribution in [0.5, 0.6) is 0 Å². The Kier molecular flexibility index (Phi) is 5.90. The first-order valence-corrected chi connectivity index (χ1v) is 9.81. The number of carbonyl (C=O) groups is 1. The molecule has 1 aliphatic carbocycles.